The molecule has 0 radical (unpaired) electrons. The zero-order chi connectivity index (χ0) is 25.0. The molecule has 184 valence electrons. The van der Waals surface area contributed by atoms with Crippen molar-refractivity contribution in [3.63, 3.8) is 0 Å². The van der Waals surface area contributed by atoms with E-state index in [2.05, 4.69) is 10.6 Å². The Bertz CT molecular complexity index is 1090. The molecule has 2 aromatic rings. The minimum absolute atomic E-state index is 0.138. The van der Waals surface area contributed by atoms with Crippen molar-refractivity contribution in [1.29, 1.82) is 0 Å². The monoisotopic (exact) mass is 494 g/mol. The van der Waals surface area contributed by atoms with Gasteiger partial charge in [-0.2, -0.15) is 0 Å². The SMILES string of the molecule is O=C(CO)CCCCCNC(=O)/C=C/c1ccc(/C=C(/C(=O)NC2CC2)c2ccccc2Cl)cc1. The Balaban J connectivity index is 1.56. The van der Waals surface area contributed by atoms with Crippen LogP contribution in [0.2, 0.25) is 5.02 Å². The zero-order valence-electron chi connectivity index (χ0n) is 19.6. The molecule has 0 unspecified atom stereocenters. The number of ketones is 1. The van der Waals surface area contributed by atoms with E-state index in [4.69, 9.17) is 16.7 Å². The summed E-state index contributed by atoms with van der Waals surface area (Å²) in [7, 11) is 0. The quantitative estimate of drug-likeness (QED) is 0.218. The number of nitrogens with one attached hydrogen (secondary N) is 2. The maximum atomic E-state index is 12.9. The van der Waals surface area contributed by atoms with Crippen LogP contribution in [-0.2, 0) is 14.4 Å². The van der Waals surface area contributed by atoms with Crippen LogP contribution in [0.5, 0.6) is 0 Å². The van der Waals surface area contributed by atoms with Crippen LogP contribution in [0.15, 0.2) is 54.6 Å². The molecule has 3 N–H and O–H groups in total. The Hall–Kier alpha value is -3.22. The molecule has 0 aliphatic heterocycles. The van der Waals surface area contributed by atoms with Crippen LogP contribution in [0.25, 0.3) is 17.7 Å². The first-order valence-electron chi connectivity index (χ1n) is 11.9. The van der Waals surface area contributed by atoms with Gasteiger partial charge in [0.25, 0.3) is 5.91 Å². The van der Waals surface area contributed by atoms with Crippen molar-refractivity contribution < 1.29 is 19.5 Å². The summed E-state index contributed by atoms with van der Waals surface area (Å²) in [6, 6.07) is 15.1. The number of aliphatic hydroxyl groups is 1. The average molecular weight is 495 g/mol. The first kappa shape index (κ1) is 26.4. The van der Waals surface area contributed by atoms with E-state index < -0.39 is 6.61 Å². The number of rotatable bonds is 13. The molecule has 7 heteroatoms. The maximum Gasteiger partial charge on any atom is 0.252 e. The lowest BCUT2D eigenvalue weighted by Gasteiger charge is -2.11. The van der Waals surface area contributed by atoms with E-state index in [0.717, 1.165) is 36.8 Å². The molecule has 0 atom stereocenters. The van der Waals surface area contributed by atoms with Crippen molar-refractivity contribution in [1.82, 2.24) is 10.6 Å². The average Bonchev–Trinajstić information content (AvgIpc) is 3.68. The van der Waals surface area contributed by atoms with Crippen LogP contribution in [0.4, 0.5) is 0 Å². The molecule has 1 aliphatic carbocycles. The van der Waals surface area contributed by atoms with Crippen molar-refractivity contribution >= 4 is 46.9 Å². The second-order valence-corrected chi connectivity index (χ2v) is 8.99. The highest BCUT2D eigenvalue weighted by molar-refractivity contribution is 6.36. The van der Waals surface area contributed by atoms with Gasteiger partial charge in [0.1, 0.15) is 6.61 Å². The van der Waals surface area contributed by atoms with Gasteiger partial charge in [-0.3, -0.25) is 14.4 Å². The Labute approximate surface area is 211 Å². The predicted molar refractivity (Wildman–Crippen MR) is 140 cm³/mol. The molecule has 0 spiro atoms. The van der Waals surface area contributed by atoms with Crippen LogP contribution < -0.4 is 10.6 Å². The lowest BCUT2D eigenvalue weighted by molar-refractivity contribution is -0.122. The third kappa shape index (κ3) is 9.15. The summed E-state index contributed by atoms with van der Waals surface area (Å²) < 4.78 is 0. The van der Waals surface area contributed by atoms with Crippen molar-refractivity contribution in [3.05, 3.63) is 76.3 Å². The molecule has 1 fully saturated rings. The molecule has 0 heterocycles. The highest BCUT2D eigenvalue weighted by Gasteiger charge is 2.25. The molecule has 0 saturated heterocycles. The molecule has 2 aromatic carbocycles. The van der Waals surface area contributed by atoms with Gasteiger partial charge in [0.15, 0.2) is 5.78 Å². The van der Waals surface area contributed by atoms with Gasteiger partial charge in [0, 0.05) is 41.2 Å². The second kappa shape index (κ2) is 13.6. The fourth-order valence-electron chi connectivity index (χ4n) is 3.45. The molecule has 35 heavy (non-hydrogen) atoms. The number of Topliss-reactive ketones (excluding diaryl/α,β-unsaturated/α-hetero) is 1. The normalized spacial score (nSPS) is 13.6. The van der Waals surface area contributed by atoms with Gasteiger partial charge in [0.2, 0.25) is 5.91 Å². The first-order chi connectivity index (χ1) is 17.0. The highest BCUT2D eigenvalue weighted by Crippen LogP contribution is 2.28. The highest BCUT2D eigenvalue weighted by atomic mass is 35.5. The minimum atomic E-state index is -0.406. The lowest BCUT2D eigenvalue weighted by atomic mass is 10.0. The number of benzene rings is 2. The summed E-state index contributed by atoms with van der Waals surface area (Å²) in [5.74, 6) is -0.473. The number of aliphatic hydroxyl groups excluding tert-OH is 1. The van der Waals surface area contributed by atoms with E-state index in [-0.39, 0.29) is 23.6 Å². The summed E-state index contributed by atoms with van der Waals surface area (Å²) in [5.41, 5.74) is 2.92. The first-order valence-corrected chi connectivity index (χ1v) is 12.3. The molecule has 6 nitrogen and oxygen atoms in total. The smallest absolute Gasteiger partial charge is 0.252 e. The van der Waals surface area contributed by atoms with Gasteiger partial charge in [-0.25, -0.2) is 0 Å². The summed E-state index contributed by atoms with van der Waals surface area (Å²) in [6.07, 6.45) is 9.74. The molecule has 0 aromatic heterocycles. The molecule has 1 aliphatic rings. The Morgan fingerprint density at radius 2 is 1.69 bits per heavy atom. The Kier molecular flexibility index (Phi) is 10.3. The molecule has 2 amide bonds. The number of carbonyl (C=O) groups is 3. The zero-order valence-corrected chi connectivity index (χ0v) is 20.4. The van der Waals surface area contributed by atoms with Gasteiger partial charge in [-0.15, -0.1) is 0 Å². The van der Waals surface area contributed by atoms with E-state index >= 15 is 0 Å². The molecule has 3 rings (SSSR count). The summed E-state index contributed by atoms with van der Waals surface area (Å²) >= 11 is 6.37. The number of hydrogen-bond acceptors (Lipinski definition) is 4. The van der Waals surface area contributed by atoms with Crippen LogP contribution >= 0.6 is 11.6 Å². The van der Waals surface area contributed by atoms with Crippen LogP contribution in [0, 0.1) is 0 Å². The van der Waals surface area contributed by atoms with Crippen molar-refractivity contribution in [3.8, 4) is 0 Å². The van der Waals surface area contributed by atoms with Gasteiger partial charge in [-0.05, 0) is 55.0 Å². The van der Waals surface area contributed by atoms with E-state index in [1.54, 1.807) is 12.1 Å². The number of amides is 2. The molecular weight excluding hydrogens is 464 g/mol. The van der Waals surface area contributed by atoms with Crippen LogP contribution in [0.1, 0.15) is 55.2 Å². The van der Waals surface area contributed by atoms with Gasteiger partial charge < -0.3 is 15.7 Å². The second-order valence-electron chi connectivity index (χ2n) is 8.58. The van der Waals surface area contributed by atoms with Crippen LogP contribution in [0.3, 0.4) is 0 Å². The van der Waals surface area contributed by atoms with E-state index in [1.165, 1.54) is 6.08 Å². The maximum absolute atomic E-state index is 12.9. The fourth-order valence-corrected chi connectivity index (χ4v) is 3.69. The standard InChI is InChI=1S/C28H31ClN2O4/c29-26-8-4-3-7-24(26)25(28(35)31-22-14-15-22)18-21-11-9-20(10-12-21)13-16-27(34)30-17-5-1-2-6-23(33)19-32/h3-4,7-13,16,18,22,32H,1-2,5-6,14-15,17,19H2,(H,30,34)(H,31,35)/b16-13+,25-18+. The van der Waals surface area contributed by atoms with Crippen molar-refractivity contribution in [2.24, 2.45) is 0 Å². The third-order valence-corrected chi connectivity index (χ3v) is 5.93. The van der Waals surface area contributed by atoms with E-state index in [0.29, 0.717) is 35.5 Å². The molecule has 1 saturated carbocycles. The van der Waals surface area contributed by atoms with Crippen molar-refractivity contribution in [2.75, 3.05) is 13.2 Å². The van der Waals surface area contributed by atoms with Gasteiger partial charge in [0.05, 0.1) is 0 Å². The fraction of sp³-hybridized carbons (Fsp3) is 0.321. The van der Waals surface area contributed by atoms with Gasteiger partial charge in [-0.1, -0.05) is 60.5 Å². The van der Waals surface area contributed by atoms with E-state index in [9.17, 15) is 14.4 Å². The van der Waals surface area contributed by atoms with Gasteiger partial charge >= 0.3 is 0 Å². The topological polar surface area (TPSA) is 95.5 Å². The van der Waals surface area contributed by atoms with E-state index in [1.807, 2.05) is 48.5 Å². The summed E-state index contributed by atoms with van der Waals surface area (Å²) in [6.45, 7) is 0.130. The summed E-state index contributed by atoms with van der Waals surface area (Å²) in [5, 5.41) is 15.1. The molecular formula is C28H31ClN2O4. The predicted octanol–water partition coefficient (Wildman–Crippen LogP) is 4.41. The largest absolute Gasteiger partial charge is 0.389 e. The number of hydrogen-bond donors (Lipinski definition) is 3. The Morgan fingerprint density at radius 3 is 2.37 bits per heavy atom. The number of carbonyl (C=O) groups excluding carboxylic acids is 3. The number of unbranched alkanes of at least 4 members (excludes halogenated alkanes) is 2. The lowest BCUT2D eigenvalue weighted by Crippen LogP contribution is -2.26. The number of halogens is 1. The minimum Gasteiger partial charge on any atom is -0.389 e. The van der Waals surface area contributed by atoms with Crippen molar-refractivity contribution in [2.45, 2.75) is 44.6 Å². The summed E-state index contributed by atoms with van der Waals surface area (Å²) in [4.78, 5) is 35.9. The Morgan fingerprint density at radius 1 is 0.971 bits per heavy atom. The van der Waals surface area contributed by atoms with Crippen LogP contribution in [-0.4, -0.2) is 41.9 Å². The molecule has 0 bridgehead atoms. The third-order valence-electron chi connectivity index (χ3n) is 5.60.